The first-order valence-corrected chi connectivity index (χ1v) is 9.11. The van der Waals surface area contributed by atoms with Crippen LogP contribution in [0.15, 0.2) is 24.3 Å². The molecule has 122 valence electrons. The molecule has 0 bridgehead atoms. The van der Waals surface area contributed by atoms with Gasteiger partial charge in [-0.25, -0.2) is 0 Å². The van der Waals surface area contributed by atoms with Gasteiger partial charge in [0.25, 0.3) is 0 Å². The van der Waals surface area contributed by atoms with E-state index in [1.165, 1.54) is 43.6 Å². The van der Waals surface area contributed by atoms with Crippen molar-refractivity contribution >= 4 is 5.69 Å². The Morgan fingerprint density at radius 2 is 1.73 bits per heavy atom. The van der Waals surface area contributed by atoms with Crippen LogP contribution in [0.3, 0.4) is 0 Å². The second-order valence-corrected chi connectivity index (χ2v) is 6.74. The molecule has 0 radical (unpaired) electrons. The zero-order valence-corrected chi connectivity index (χ0v) is 14.2. The number of hydrogen-bond acceptors (Lipinski definition) is 3. The van der Waals surface area contributed by atoms with E-state index >= 15 is 0 Å². The molecule has 1 N–H and O–H groups in total. The van der Waals surface area contributed by atoms with E-state index < -0.39 is 0 Å². The number of rotatable bonds is 7. The zero-order valence-electron chi connectivity index (χ0n) is 14.2. The monoisotopic (exact) mass is 301 g/mol. The first-order chi connectivity index (χ1) is 10.8. The van der Waals surface area contributed by atoms with Gasteiger partial charge in [-0.15, -0.1) is 0 Å². The van der Waals surface area contributed by atoms with Crippen molar-refractivity contribution in [2.45, 2.75) is 39.2 Å². The SMILES string of the molecule is CCN(CC)c1ccc([C@@H](CC2CC2)N2CCNCC2)cc1. The molecular formula is C19H31N3. The summed E-state index contributed by atoms with van der Waals surface area (Å²) < 4.78 is 0. The highest BCUT2D eigenvalue weighted by Gasteiger charge is 2.30. The number of piperazine rings is 1. The Kier molecular flexibility index (Phi) is 5.37. The Hall–Kier alpha value is -1.06. The Balaban J connectivity index is 1.74. The molecule has 1 aliphatic heterocycles. The highest BCUT2D eigenvalue weighted by atomic mass is 15.2. The topological polar surface area (TPSA) is 18.5 Å². The molecule has 1 heterocycles. The minimum Gasteiger partial charge on any atom is -0.372 e. The Morgan fingerprint density at radius 3 is 2.27 bits per heavy atom. The summed E-state index contributed by atoms with van der Waals surface area (Å²) in [5, 5.41) is 3.48. The van der Waals surface area contributed by atoms with E-state index in [4.69, 9.17) is 0 Å². The first kappa shape index (κ1) is 15.8. The normalized spacial score (nSPS) is 20.8. The molecule has 3 rings (SSSR count). The van der Waals surface area contributed by atoms with E-state index in [1.54, 1.807) is 0 Å². The van der Waals surface area contributed by atoms with Crippen molar-refractivity contribution < 1.29 is 0 Å². The third-order valence-corrected chi connectivity index (χ3v) is 5.25. The molecule has 3 heteroatoms. The quantitative estimate of drug-likeness (QED) is 0.834. The highest BCUT2D eigenvalue weighted by Crippen LogP contribution is 2.40. The molecule has 0 amide bonds. The van der Waals surface area contributed by atoms with E-state index in [0.29, 0.717) is 6.04 Å². The second kappa shape index (κ2) is 7.47. The van der Waals surface area contributed by atoms with Crippen molar-refractivity contribution in [3.63, 3.8) is 0 Å². The third kappa shape index (κ3) is 3.82. The van der Waals surface area contributed by atoms with Crippen LogP contribution in [0.5, 0.6) is 0 Å². The van der Waals surface area contributed by atoms with E-state index in [-0.39, 0.29) is 0 Å². The van der Waals surface area contributed by atoms with E-state index in [0.717, 1.165) is 32.1 Å². The Bertz CT molecular complexity index is 442. The molecule has 1 aliphatic carbocycles. The molecule has 1 aromatic rings. The van der Waals surface area contributed by atoms with Crippen LogP contribution in [0.2, 0.25) is 0 Å². The molecule has 2 aliphatic rings. The lowest BCUT2D eigenvalue weighted by molar-refractivity contribution is 0.160. The maximum atomic E-state index is 3.48. The summed E-state index contributed by atoms with van der Waals surface area (Å²) in [7, 11) is 0. The molecule has 1 saturated heterocycles. The Morgan fingerprint density at radius 1 is 1.09 bits per heavy atom. The lowest BCUT2D eigenvalue weighted by Gasteiger charge is -2.35. The largest absolute Gasteiger partial charge is 0.372 e. The summed E-state index contributed by atoms with van der Waals surface area (Å²) in [6, 6.07) is 10.0. The molecular weight excluding hydrogens is 270 g/mol. The van der Waals surface area contributed by atoms with Crippen molar-refractivity contribution in [3.8, 4) is 0 Å². The molecule has 22 heavy (non-hydrogen) atoms. The highest BCUT2D eigenvalue weighted by molar-refractivity contribution is 5.47. The number of hydrogen-bond donors (Lipinski definition) is 1. The molecule has 0 unspecified atom stereocenters. The van der Waals surface area contributed by atoms with Crippen LogP contribution in [0, 0.1) is 5.92 Å². The van der Waals surface area contributed by atoms with E-state index in [2.05, 4.69) is 53.2 Å². The number of nitrogens with zero attached hydrogens (tertiary/aromatic N) is 2. The number of anilines is 1. The maximum Gasteiger partial charge on any atom is 0.0366 e. The van der Waals surface area contributed by atoms with Gasteiger partial charge in [0.2, 0.25) is 0 Å². The average Bonchev–Trinajstić information content (AvgIpc) is 3.40. The maximum absolute atomic E-state index is 3.48. The lowest BCUT2D eigenvalue weighted by Crippen LogP contribution is -2.45. The predicted octanol–water partition coefficient (Wildman–Crippen LogP) is 3.28. The summed E-state index contributed by atoms with van der Waals surface area (Å²) in [6.45, 7) is 11.3. The summed E-state index contributed by atoms with van der Waals surface area (Å²) in [6.07, 6.45) is 4.24. The molecule has 1 atom stereocenters. The first-order valence-electron chi connectivity index (χ1n) is 9.11. The van der Waals surface area contributed by atoms with E-state index in [1.807, 2.05) is 0 Å². The van der Waals surface area contributed by atoms with Gasteiger partial charge in [0, 0.05) is 51.0 Å². The summed E-state index contributed by atoms with van der Waals surface area (Å²) >= 11 is 0. The molecule has 3 nitrogen and oxygen atoms in total. The van der Waals surface area contributed by atoms with Crippen molar-refractivity contribution in [1.29, 1.82) is 0 Å². The summed E-state index contributed by atoms with van der Waals surface area (Å²) in [5.41, 5.74) is 2.88. The fourth-order valence-electron chi connectivity index (χ4n) is 3.66. The van der Waals surface area contributed by atoms with Crippen molar-refractivity contribution in [3.05, 3.63) is 29.8 Å². The van der Waals surface area contributed by atoms with Gasteiger partial charge in [0.15, 0.2) is 0 Å². The lowest BCUT2D eigenvalue weighted by atomic mass is 9.98. The van der Waals surface area contributed by atoms with Crippen molar-refractivity contribution in [2.24, 2.45) is 5.92 Å². The summed E-state index contributed by atoms with van der Waals surface area (Å²) in [5.74, 6) is 0.974. The summed E-state index contributed by atoms with van der Waals surface area (Å²) in [4.78, 5) is 5.12. The van der Waals surface area contributed by atoms with Crippen LogP contribution < -0.4 is 10.2 Å². The van der Waals surface area contributed by atoms with Gasteiger partial charge in [-0.05, 0) is 43.9 Å². The van der Waals surface area contributed by atoms with Gasteiger partial charge in [-0.3, -0.25) is 4.90 Å². The van der Waals surface area contributed by atoms with Crippen LogP contribution in [-0.2, 0) is 0 Å². The standard InChI is InChI=1S/C19H31N3/c1-3-21(4-2)18-9-7-17(8-10-18)19(15-16-5-6-16)22-13-11-20-12-14-22/h7-10,16,19-20H,3-6,11-15H2,1-2H3/t19-/m1/s1. The van der Waals surface area contributed by atoms with Crippen LogP contribution in [0.4, 0.5) is 5.69 Å². The Labute approximate surface area is 135 Å². The molecule has 1 saturated carbocycles. The van der Waals surface area contributed by atoms with Crippen LogP contribution in [0.25, 0.3) is 0 Å². The van der Waals surface area contributed by atoms with Crippen LogP contribution in [-0.4, -0.2) is 44.2 Å². The van der Waals surface area contributed by atoms with E-state index in [9.17, 15) is 0 Å². The van der Waals surface area contributed by atoms with Gasteiger partial charge < -0.3 is 10.2 Å². The smallest absolute Gasteiger partial charge is 0.0366 e. The minimum atomic E-state index is 0.625. The average molecular weight is 301 g/mol. The van der Waals surface area contributed by atoms with Crippen molar-refractivity contribution in [1.82, 2.24) is 10.2 Å². The molecule has 0 spiro atoms. The van der Waals surface area contributed by atoms with Gasteiger partial charge in [-0.2, -0.15) is 0 Å². The molecule has 2 fully saturated rings. The van der Waals surface area contributed by atoms with Crippen LogP contribution >= 0.6 is 0 Å². The van der Waals surface area contributed by atoms with Crippen molar-refractivity contribution in [2.75, 3.05) is 44.2 Å². The van der Waals surface area contributed by atoms with Crippen LogP contribution in [0.1, 0.15) is 44.7 Å². The fraction of sp³-hybridized carbons (Fsp3) is 0.684. The third-order valence-electron chi connectivity index (χ3n) is 5.25. The predicted molar refractivity (Wildman–Crippen MR) is 94.5 cm³/mol. The minimum absolute atomic E-state index is 0.625. The number of benzene rings is 1. The molecule has 0 aromatic heterocycles. The zero-order chi connectivity index (χ0) is 15.4. The van der Waals surface area contributed by atoms with Gasteiger partial charge in [0.1, 0.15) is 0 Å². The second-order valence-electron chi connectivity index (χ2n) is 6.74. The number of nitrogens with one attached hydrogen (secondary N) is 1. The van der Waals surface area contributed by atoms with Gasteiger partial charge in [0.05, 0.1) is 0 Å². The van der Waals surface area contributed by atoms with Gasteiger partial charge >= 0.3 is 0 Å². The van der Waals surface area contributed by atoms with Gasteiger partial charge in [-0.1, -0.05) is 25.0 Å². The molecule has 1 aromatic carbocycles. The fourth-order valence-corrected chi connectivity index (χ4v) is 3.66.